The maximum atomic E-state index is 6.37. The van der Waals surface area contributed by atoms with E-state index in [4.69, 9.17) is 23.2 Å². The zero-order valence-electron chi connectivity index (χ0n) is 12.1. The smallest absolute Gasteiger partial charge is 0.0453 e. The minimum absolute atomic E-state index is 0.372. The molecule has 1 aromatic rings. The highest BCUT2D eigenvalue weighted by molar-refractivity contribution is 6.36. The summed E-state index contributed by atoms with van der Waals surface area (Å²) in [7, 11) is 0. The van der Waals surface area contributed by atoms with Crippen LogP contribution < -0.4 is 5.32 Å². The van der Waals surface area contributed by atoms with Gasteiger partial charge in [0.25, 0.3) is 0 Å². The zero-order valence-corrected chi connectivity index (χ0v) is 13.6. The van der Waals surface area contributed by atoms with Gasteiger partial charge in [0.05, 0.1) is 0 Å². The molecular formula is C17H23Cl2N. The summed E-state index contributed by atoms with van der Waals surface area (Å²) in [4.78, 5) is 0. The molecule has 1 N–H and O–H groups in total. The molecule has 0 radical (unpaired) electrons. The molecule has 3 rings (SSSR count). The fraction of sp³-hybridized carbons (Fsp3) is 0.647. The molecule has 110 valence electrons. The Kier molecular flexibility index (Phi) is 4.31. The van der Waals surface area contributed by atoms with Gasteiger partial charge in [-0.3, -0.25) is 0 Å². The summed E-state index contributed by atoms with van der Waals surface area (Å²) in [6, 6.07) is 5.86. The van der Waals surface area contributed by atoms with Gasteiger partial charge in [0.1, 0.15) is 0 Å². The van der Waals surface area contributed by atoms with Crippen molar-refractivity contribution < 1.29 is 0 Å². The van der Waals surface area contributed by atoms with Crippen molar-refractivity contribution in [3.63, 3.8) is 0 Å². The zero-order chi connectivity index (χ0) is 14.2. The quantitative estimate of drug-likeness (QED) is 0.733. The summed E-state index contributed by atoms with van der Waals surface area (Å²) in [6.07, 6.45) is 6.35. The number of hydrogen-bond donors (Lipinski definition) is 1. The van der Waals surface area contributed by atoms with Gasteiger partial charge in [-0.05, 0) is 73.6 Å². The van der Waals surface area contributed by atoms with E-state index in [0.717, 1.165) is 47.0 Å². The average molecular weight is 312 g/mol. The predicted molar refractivity (Wildman–Crippen MR) is 86.6 cm³/mol. The third kappa shape index (κ3) is 3.00. The van der Waals surface area contributed by atoms with E-state index < -0.39 is 0 Å². The molecule has 20 heavy (non-hydrogen) atoms. The summed E-state index contributed by atoms with van der Waals surface area (Å²) in [6.45, 7) is 4.43. The number of rotatable bonds is 6. The van der Waals surface area contributed by atoms with Crippen molar-refractivity contribution in [2.45, 2.75) is 39.0 Å². The van der Waals surface area contributed by atoms with Crippen molar-refractivity contribution in [3.8, 4) is 0 Å². The van der Waals surface area contributed by atoms with Crippen LogP contribution in [-0.4, -0.2) is 13.1 Å². The Morgan fingerprint density at radius 3 is 2.45 bits per heavy atom. The van der Waals surface area contributed by atoms with Crippen molar-refractivity contribution in [2.24, 2.45) is 17.3 Å². The van der Waals surface area contributed by atoms with E-state index in [1.807, 2.05) is 18.2 Å². The van der Waals surface area contributed by atoms with Crippen LogP contribution in [0.2, 0.25) is 10.0 Å². The van der Waals surface area contributed by atoms with E-state index in [-0.39, 0.29) is 0 Å². The van der Waals surface area contributed by atoms with Gasteiger partial charge in [-0.2, -0.15) is 0 Å². The normalized spacial score (nSPS) is 31.4. The van der Waals surface area contributed by atoms with Gasteiger partial charge in [0, 0.05) is 16.6 Å². The molecule has 0 aliphatic heterocycles. The summed E-state index contributed by atoms with van der Waals surface area (Å²) in [5.41, 5.74) is 1.52. The lowest BCUT2D eigenvalue weighted by Crippen LogP contribution is -2.35. The maximum Gasteiger partial charge on any atom is 0.0453 e. The molecule has 2 aliphatic carbocycles. The summed E-state index contributed by atoms with van der Waals surface area (Å²) in [5, 5.41) is 5.29. The van der Waals surface area contributed by atoms with Crippen LogP contribution in [0, 0.1) is 17.3 Å². The van der Waals surface area contributed by atoms with E-state index in [1.165, 1.54) is 25.7 Å². The third-order valence-corrected chi connectivity index (χ3v) is 5.71. The van der Waals surface area contributed by atoms with Crippen LogP contribution in [0.1, 0.15) is 38.2 Å². The number of hydrogen-bond acceptors (Lipinski definition) is 1. The van der Waals surface area contributed by atoms with Crippen molar-refractivity contribution in [1.82, 2.24) is 5.32 Å². The Balaban J connectivity index is 1.76. The second-order valence-corrected chi connectivity index (χ2v) is 7.53. The molecule has 1 aromatic carbocycles. The van der Waals surface area contributed by atoms with Crippen molar-refractivity contribution >= 4 is 23.2 Å². The molecule has 0 spiro atoms. The molecule has 2 aliphatic rings. The van der Waals surface area contributed by atoms with Crippen LogP contribution in [-0.2, 0) is 6.42 Å². The number of benzene rings is 1. The van der Waals surface area contributed by atoms with Crippen LogP contribution in [0.3, 0.4) is 0 Å². The molecular weight excluding hydrogens is 289 g/mol. The van der Waals surface area contributed by atoms with E-state index in [9.17, 15) is 0 Å². The van der Waals surface area contributed by atoms with Gasteiger partial charge in [-0.25, -0.2) is 0 Å². The topological polar surface area (TPSA) is 12.0 Å². The second-order valence-electron chi connectivity index (χ2n) is 6.72. The van der Waals surface area contributed by atoms with Gasteiger partial charge in [0.2, 0.25) is 0 Å². The summed E-state index contributed by atoms with van der Waals surface area (Å²) < 4.78 is 0. The van der Waals surface area contributed by atoms with Crippen LogP contribution in [0.4, 0.5) is 0 Å². The maximum absolute atomic E-state index is 6.37. The first-order valence-electron chi connectivity index (χ1n) is 7.77. The molecule has 2 unspecified atom stereocenters. The fourth-order valence-electron chi connectivity index (χ4n) is 3.96. The molecule has 1 nitrogen and oxygen atoms in total. The molecule has 2 atom stereocenters. The van der Waals surface area contributed by atoms with Gasteiger partial charge in [-0.1, -0.05) is 36.2 Å². The fourth-order valence-corrected chi connectivity index (χ4v) is 4.49. The lowest BCUT2D eigenvalue weighted by atomic mass is 9.77. The lowest BCUT2D eigenvalue weighted by Gasteiger charge is -2.32. The molecule has 0 saturated heterocycles. The number of fused-ring (bicyclic) bond motifs is 1. The highest BCUT2D eigenvalue weighted by atomic mass is 35.5. The summed E-state index contributed by atoms with van der Waals surface area (Å²) in [5.74, 6) is 1.94. The van der Waals surface area contributed by atoms with E-state index in [2.05, 4.69) is 12.2 Å². The van der Waals surface area contributed by atoms with Crippen molar-refractivity contribution in [1.29, 1.82) is 0 Å². The highest BCUT2D eigenvalue weighted by Gasteiger charge is 2.53. The Morgan fingerprint density at radius 1 is 1.20 bits per heavy atom. The van der Waals surface area contributed by atoms with E-state index in [0.29, 0.717) is 5.41 Å². The molecule has 3 heteroatoms. The van der Waals surface area contributed by atoms with Crippen LogP contribution in [0.15, 0.2) is 18.2 Å². The van der Waals surface area contributed by atoms with Crippen LogP contribution in [0.5, 0.6) is 0 Å². The molecule has 0 heterocycles. The summed E-state index contributed by atoms with van der Waals surface area (Å²) >= 11 is 12.7. The largest absolute Gasteiger partial charge is 0.316 e. The van der Waals surface area contributed by atoms with Gasteiger partial charge >= 0.3 is 0 Å². The Hall–Kier alpha value is -0.240. The monoisotopic (exact) mass is 311 g/mol. The Morgan fingerprint density at radius 2 is 1.85 bits per heavy atom. The first-order valence-corrected chi connectivity index (χ1v) is 8.53. The molecule has 2 saturated carbocycles. The first kappa shape index (κ1) is 14.7. The number of halogens is 2. The standard InChI is InChI=1S/C17H23Cl2N/c1-2-6-20-11-17(8-12-7-13(12)9-17)10-14-15(18)4-3-5-16(14)19/h3-5,12-13,20H,2,6-11H2,1H3. The molecule has 0 amide bonds. The minimum Gasteiger partial charge on any atom is -0.316 e. The van der Waals surface area contributed by atoms with Crippen LogP contribution in [0.25, 0.3) is 0 Å². The van der Waals surface area contributed by atoms with E-state index in [1.54, 1.807) is 0 Å². The van der Waals surface area contributed by atoms with Crippen molar-refractivity contribution in [2.75, 3.05) is 13.1 Å². The van der Waals surface area contributed by atoms with Crippen molar-refractivity contribution in [3.05, 3.63) is 33.8 Å². The van der Waals surface area contributed by atoms with Gasteiger partial charge < -0.3 is 5.32 Å². The second kappa shape index (κ2) is 5.87. The highest BCUT2D eigenvalue weighted by Crippen LogP contribution is 2.61. The van der Waals surface area contributed by atoms with Gasteiger partial charge in [0.15, 0.2) is 0 Å². The predicted octanol–water partition coefficient (Wildman–Crippen LogP) is 4.95. The minimum atomic E-state index is 0.372. The van der Waals surface area contributed by atoms with E-state index >= 15 is 0 Å². The lowest BCUT2D eigenvalue weighted by molar-refractivity contribution is 0.249. The molecule has 0 aromatic heterocycles. The van der Waals surface area contributed by atoms with Gasteiger partial charge in [-0.15, -0.1) is 0 Å². The Labute approximate surface area is 132 Å². The third-order valence-electron chi connectivity index (χ3n) is 5.00. The number of nitrogens with one attached hydrogen (secondary N) is 1. The Bertz CT molecular complexity index is 456. The molecule has 0 bridgehead atoms. The first-order chi connectivity index (χ1) is 9.63. The average Bonchev–Trinajstić information content (AvgIpc) is 3.03. The molecule has 2 fully saturated rings. The SMILES string of the molecule is CCCNCC1(Cc2c(Cl)cccc2Cl)CC2CC2C1. The van der Waals surface area contributed by atoms with Crippen LogP contribution >= 0.6 is 23.2 Å².